The van der Waals surface area contributed by atoms with Gasteiger partial charge in [0, 0.05) is 24.9 Å². The summed E-state index contributed by atoms with van der Waals surface area (Å²) in [6.45, 7) is 9.98. The van der Waals surface area contributed by atoms with Gasteiger partial charge < -0.3 is 42.1 Å². The molecule has 0 spiro atoms. The molecule has 334 valence electrons. The van der Waals surface area contributed by atoms with Gasteiger partial charge in [0.2, 0.25) is 35.4 Å². The van der Waals surface area contributed by atoms with E-state index in [4.69, 9.17) is 0 Å². The predicted molar refractivity (Wildman–Crippen MR) is 223 cm³/mol. The second-order valence-corrected chi connectivity index (χ2v) is 16.7. The van der Waals surface area contributed by atoms with Gasteiger partial charge in [-0.1, -0.05) is 73.1 Å². The lowest BCUT2D eigenvalue weighted by Crippen LogP contribution is -2.61. The minimum absolute atomic E-state index is 0.0652. The van der Waals surface area contributed by atoms with Crippen LogP contribution in [-0.2, 0) is 43.2 Å². The van der Waals surface area contributed by atoms with Crippen molar-refractivity contribution in [2.45, 2.75) is 155 Å². The Morgan fingerprint density at radius 1 is 0.733 bits per heavy atom. The molecular formula is C41H63N7O11S. The number of ketones is 1. The number of aromatic nitrogens is 1. The molecule has 0 unspecified atom stereocenters. The molecule has 1 aromatic heterocycles. The van der Waals surface area contributed by atoms with Crippen molar-refractivity contribution in [3.8, 4) is 0 Å². The number of hydrogen-bond acceptors (Lipinski definition) is 11. The van der Waals surface area contributed by atoms with Crippen LogP contribution >= 0.6 is 11.3 Å². The summed E-state index contributed by atoms with van der Waals surface area (Å²) in [6.07, 6.45) is 8.64. The number of carbonyl (C=O) groups is 9. The van der Waals surface area contributed by atoms with Crippen LogP contribution in [-0.4, -0.2) is 105 Å². The minimum atomic E-state index is -1.58. The molecule has 2 rings (SSSR count). The van der Waals surface area contributed by atoms with Gasteiger partial charge in [-0.05, 0) is 55.6 Å². The number of carboxylic acid groups (broad SMARTS) is 2. The summed E-state index contributed by atoms with van der Waals surface area (Å²) in [6, 6.07) is -7.45. The Morgan fingerprint density at radius 3 is 1.87 bits per heavy atom. The Bertz CT molecular complexity index is 1650. The first-order valence-electron chi connectivity index (χ1n) is 20.7. The number of nitrogens with one attached hydrogen (secondary N) is 6. The lowest BCUT2D eigenvalue weighted by molar-refractivity contribution is -0.141. The molecule has 1 heterocycles. The van der Waals surface area contributed by atoms with E-state index in [1.54, 1.807) is 45.3 Å². The first-order chi connectivity index (χ1) is 28.3. The smallest absolute Gasteiger partial charge is 0.305 e. The van der Waals surface area contributed by atoms with Crippen molar-refractivity contribution in [2.24, 2.45) is 17.8 Å². The van der Waals surface area contributed by atoms with Crippen molar-refractivity contribution in [3.05, 3.63) is 22.7 Å². The van der Waals surface area contributed by atoms with Gasteiger partial charge in [-0.15, -0.1) is 11.3 Å². The van der Waals surface area contributed by atoms with Gasteiger partial charge in [0.25, 0.3) is 0 Å². The monoisotopic (exact) mass is 861 g/mol. The third-order valence-electron chi connectivity index (χ3n) is 10.3. The molecule has 1 fully saturated rings. The molecule has 8 N–H and O–H groups in total. The third kappa shape index (κ3) is 18.4. The van der Waals surface area contributed by atoms with Crippen molar-refractivity contribution in [1.29, 1.82) is 0 Å². The summed E-state index contributed by atoms with van der Waals surface area (Å²) in [5, 5.41) is 36.5. The molecule has 0 saturated heterocycles. The van der Waals surface area contributed by atoms with E-state index in [1.165, 1.54) is 17.4 Å². The Labute approximate surface area is 355 Å². The average Bonchev–Trinajstić information content (AvgIpc) is 3.72. The third-order valence-corrected chi connectivity index (χ3v) is 11.1. The fourth-order valence-electron chi connectivity index (χ4n) is 6.85. The van der Waals surface area contributed by atoms with E-state index in [9.17, 15) is 53.4 Å². The molecule has 0 radical (unpaired) electrons. The van der Waals surface area contributed by atoms with Gasteiger partial charge in [-0.3, -0.25) is 43.2 Å². The van der Waals surface area contributed by atoms with Crippen LogP contribution in [0.1, 0.15) is 124 Å². The highest BCUT2D eigenvalue weighted by atomic mass is 32.1. The number of rotatable bonds is 26. The molecule has 60 heavy (non-hydrogen) atoms. The van der Waals surface area contributed by atoms with E-state index in [1.807, 2.05) is 6.92 Å². The van der Waals surface area contributed by atoms with Crippen molar-refractivity contribution in [1.82, 2.24) is 36.9 Å². The second kappa shape index (κ2) is 26.1. The molecule has 0 bridgehead atoms. The summed E-state index contributed by atoms with van der Waals surface area (Å²) in [5.41, 5.74) is 0. The van der Waals surface area contributed by atoms with Crippen LogP contribution in [0.3, 0.4) is 0 Å². The Morgan fingerprint density at radius 2 is 1.32 bits per heavy atom. The highest BCUT2D eigenvalue weighted by molar-refractivity contribution is 7.10. The van der Waals surface area contributed by atoms with E-state index in [-0.39, 0.29) is 24.0 Å². The number of hydrogen-bond donors (Lipinski definition) is 8. The fourth-order valence-corrected chi connectivity index (χ4v) is 7.38. The largest absolute Gasteiger partial charge is 0.481 e. The van der Waals surface area contributed by atoms with Crippen LogP contribution in [0, 0.1) is 17.8 Å². The van der Waals surface area contributed by atoms with E-state index in [0.29, 0.717) is 24.3 Å². The van der Waals surface area contributed by atoms with E-state index < -0.39 is 109 Å². The zero-order valence-electron chi connectivity index (χ0n) is 35.4. The number of aliphatic carboxylic acids is 2. The predicted octanol–water partition coefficient (Wildman–Crippen LogP) is 2.47. The van der Waals surface area contributed by atoms with Crippen LogP contribution in [0.25, 0.3) is 6.08 Å². The number of nitrogens with zero attached hydrogens (tertiary/aromatic N) is 1. The highest BCUT2D eigenvalue weighted by Gasteiger charge is 2.36. The minimum Gasteiger partial charge on any atom is -0.481 e. The summed E-state index contributed by atoms with van der Waals surface area (Å²) in [7, 11) is 0. The van der Waals surface area contributed by atoms with Crippen molar-refractivity contribution >= 4 is 70.6 Å². The van der Waals surface area contributed by atoms with Crippen molar-refractivity contribution in [2.75, 3.05) is 0 Å². The SMILES string of the molecule is CC[C@H](NC(=O)[C@H](CC1CCCCC1)NC(=O)[C@@H](NC(=O)[C@H](CC(C)C)NC(=O)[C@@H](CCC(=O)O)NC(=O)[C@H](CC(=O)O)NC(C)=O)[C@@H](C)CC)C(=O)/C=C/c1nccs1. The lowest BCUT2D eigenvalue weighted by atomic mass is 9.84. The molecule has 0 aliphatic heterocycles. The number of carbonyl (C=O) groups excluding carboxylic acids is 7. The first-order valence-corrected chi connectivity index (χ1v) is 21.6. The molecule has 0 aromatic carbocycles. The molecule has 7 atom stereocenters. The average molecular weight is 862 g/mol. The maximum Gasteiger partial charge on any atom is 0.305 e. The molecule has 1 saturated carbocycles. The molecule has 6 amide bonds. The summed E-state index contributed by atoms with van der Waals surface area (Å²) >= 11 is 1.36. The van der Waals surface area contributed by atoms with Gasteiger partial charge in [0.15, 0.2) is 5.78 Å². The fraction of sp³-hybridized carbons (Fsp3) is 0.659. The lowest BCUT2D eigenvalue weighted by Gasteiger charge is -2.31. The zero-order chi connectivity index (χ0) is 44.9. The van der Waals surface area contributed by atoms with E-state index in [2.05, 4.69) is 36.9 Å². The number of thiazole rings is 1. The summed E-state index contributed by atoms with van der Waals surface area (Å²) in [4.78, 5) is 121. The second-order valence-electron chi connectivity index (χ2n) is 15.8. The maximum absolute atomic E-state index is 14.2. The topological polar surface area (TPSA) is 279 Å². The molecule has 18 nitrogen and oxygen atoms in total. The van der Waals surface area contributed by atoms with E-state index in [0.717, 1.165) is 39.0 Å². The zero-order valence-corrected chi connectivity index (χ0v) is 36.2. The number of carboxylic acids is 2. The molecular weight excluding hydrogens is 799 g/mol. The van der Waals surface area contributed by atoms with Crippen LogP contribution < -0.4 is 31.9 Å². The Balaban J connectivity index is 2.35. The van der Waals surface area contributed by atoms with Crippen molar-refractivity contribution in [3.63, 3.8) is 0 Å². The van der Waals surface area contributed by atoms with Crippen LogP contribution in [0.4, 0.5) is 0 Å². The molecule has 1 aromatic rings. The molecule has 19 heteroatoms. The van der Waals surface area contributed by atoms with Crippen molar-refractivity contribution < 1.29 is 53.4 Å². The normalized spacial score (nSPS) is 16.6. The standard InChI is InChI=1S/C41H63N7O11S/c1-7-24(5)36(41(59)47-30(21-26-12-10-9-11-13-26)38(56)44-27(8-2)32(50)15-16-33-42-18-19-60-33)48-40(58)29(20-23(3)4)46-37(55)28(14-17-34(51)52)45-39(57)31(22-35(53)54)43-25(6)49/h15-16,18-19,23-24,26-31,36H,7-14,17,20-22H2,1-6H3,(H,43,49)(H,44,56)(H,45,57)(H,46,55)(H,47,59)(H,48,58)(H,51,52)(H,53,54)/b16-15+/t24-,27-,28+,29-,30-,31-,36-/m0/s1. The van der Waals surface area contributed by atoms with Gasteiger partial charge in [0.1, 0.15) is 35.2 Å². The summed E-state index contributed by atoms with van der Waals surface area (Å²) in [5.74, 6) is -8.16. The molecule has 1 aliphatic rings. The Kier molecular flexibility index (Phi) is 22.2. The first kappa shape index (κ1) is 50.9. The Hall–Kier alpha value is -5.20. The van der Waals surface area contributed by atoms with Gasteiger partial charge in [-0.2, -0.15) is 0 Å². The van der Waals surface area contributed by atoms with Crippen LogP contribution in [0.5, 0.6) is 0 Å². The number of amides is 6. The van der Waals surface area contributed by atoms with Gasteiger partial charge >= 0.3 is 11.9 Å². The van der Waals surface area contributed by atoms with Gasteiger partial charge in [0.05, 0.1) is 12.5 Å². The maximum atomic E-state index is 14.2. The van der Waals surface area contributed by atoms with Crippen LogP contribution in [0.2, 0.25) is 0 Å². The quantitative estimate of drug-likeness (QED) is 0.0624. The summed E-state index contributed by atoms with van der Waals surface area (Å²) < 4.78 is 0. The van der Waals surface area contributed by atoms with E-state index >= 15 is 0 Å². The van der Waals surface area contributed by atoms with Crippen LogP contribution in [0.15, 0.2) is 17.7 Å². The molecule has 1 aliphatic carbocycles. The van der Waals surface area contributed by atoms with Gasteiger partial charge in [-0.25, -0.2) is 4.98 Å². The highest BCUT2D eigenvalue weighted by Crippen LogP contribution is 2.28.